The van der Waals surface area contributed by atoms with Crippen LogP contribution in [0.1, 0.15) is 31.2 Å². The predicted molar refractivity (Wildman–Crippen MR) is 98.4 cm³/mol. The minimum Gasteiger partial charge on any atom is -0.377 e. The van der Waals surface area contributed by atoms with Gasteiger partial charge in [0, 0.05) is 31.5 Å². The second-order valence-electron chi connectivity index (χ2n) is 7.22. The maximum atomic E-state index is 12.7. The van der Waals surface area contributed by atoms with Gasteiger partial charge in [0.05, 0.1) is 19.3 Å². The Morgan fingerprint density at radius 3 is 3.04 bits per heavy atom. The SMILES string of the molecule is C=CCOC[C@@]12CCCO[C@H]1CCN(C(=O)CCc1ccccc1)C2. The largest absolute Gasteiger partial charge is 0.377 e. The number of benzene rings is 1. The smallest absolute Gasteiger partial charge is 0.222 e. The third kappa shape index (κ3) is 4.50. The number of likely N-dealkylation sites (tertiary alicyclic amines) is 1. The van der Waals surface area contributed by atoms with E-state index in [1.807, 2.05) is 23.1 Å². The molecule has 136 valence electrons. The molecule has 2 saturated heterocycles. The topological polar surface area (TPSA) is 38.8 Å². The lowest BCUT2D eigenvalue weighted by Gasteiger charge is -2.50. The summed E-state index contributed by atoms with van der Waals surface area (Å²) in [6.45, 7) is 7.29. The molecule has 0 saturated carbocycles. The zero-order valence-electron chi connectivity index (χ0n) is 15.0. The molecule has 4 heteroatoms. The molecule has 2 heterocycles. The summed E-state index contributed by atoms with van der Waals surface area (Å²) in [5, 5.41) is 0. The molecule has 2 aliphatic rings. The lowest BCUT2D eigenvalue weighted by atomic mass is 9.73. The first-order valence-electron chi connectivity index (χ1n) is 9.35. The van der Waals surface area contributed by atoms with Crippen molar-refractivity contribution in [1.29, 1.82) is 0 Å². The number of hydrogen-bond acceptors (Lipinski definition) is 3. The number of piperidine rings is 1. The fraction of sp³-hybridized carbons (Fsp3) is 0.571. The van der Waals surface area contributed by atoms with Crippen molar-refractivity contribution in [2.75, 3.05) is 32.9 Å². The highest BCUT2D eigenvalue weighted by Crippen LogP contribution is 2.40. The number of carbonyl (C=O) groups is 1. The monoisotopic (exact) mass is 343 g/mol. The Morgan fingerprint density at radius 2 is 2.24 bits per heavy atom. The van der Waals surface area contributed by atoms with Crippen LogP contribution in [0.3, 0.4) is 0 Å². The van der Waals surface area contributed by atoms with Gasteiger partial charge in [0.1, 0.15) is 0 Å². The van der Waals surface area contributed by atoms with Crippen molar-refractivity contribution in [3.8, 4) is 0 Å². The molecule has 3 rings (SSSR count). The fourth-order valence-electron chi connectivity index (χ4n) is 4.11. The Kier molecular flexibility index (Phi) is 6.27. The second-order valence-corrected chi connectivity index (χ2v) is 7.22. The van der Waals surface area contributed by atoms with E-state index in [9.17, 15) is 4.79 Å². The molecule has 0 N–H and O–H groups in total. The van der Waals surface area contributed by atoms with E-state index in [1.54, 1.807) is 6.08 Å². The van der Waals surface area contributed by atoms with Gasteiger partial charge < -0.3 is 14.4 Å². The van der Waals surface area contributed by atoms with Gasteiger partial charge in [-0.25, -0.2) is 0 Å². The van der Waals surface area contributed by atoms with Crippen molar-refractivity contribution in [3.63, 3.8) is 0 Å². The number of nitrogens with zero attached hydrogens (tertiary/aromatic N) is 1. The Balaban J connectivity index is 1.60. The number of rotatable bonds is 7. The predicted octanol–water partition coefficient (Wildman–Crippen LogP) is 3.22. The van der Waals surface area contributed by atoms with Crippen LogP contribution >= 0.6 is 0 Å². The third-order valence-corrected chi connectivity index (χ3v) is 5.44. The summed E-state index contributed by atoms with van der Waals surface area (Å²) in [5.41, 5.74) is 1.16. The number of amides is 1. The average Bonchev–Trinajstić information content (AvgIpc) is 2.66. The summed E-state index contributed by atoms with van der Waals surface area (Å²) in [5.74, 6) is 0.246. The highest BCUT2D eigenvalue weighted by molar-refractivity contribution is 5.76. The Morgan fingerprint density at radius 1 is 1.40 bits per heavy atom. The Bertz CT molecular complexity index is 574. The summed E-state index contributed by atoms with van der Waals surface area (Å²) in [7, 11) is 0. The molecule has 4 nitrogen and oxygen atoms in total. The summed E-state index contributed by atoms with van der Waals surface area (Å²) < 4.78 is 11.8. The van der Waals surface area contributed by atoms with Gasteiger partial charge in [0.2, 0.25) is 5.91 Å². The van der Waals surface area contributed by atoms with Crippen LogP contribution in [0, 0.1) is 5.41 Å². The summed E-state index contributed by atoms with van der Waals surface area (Å²) in [4.78, 5) is 14.8. The van der Waals surface area contributed by atoms with E-state index < -0.39 is 0 Å². The van der Waals surface area contributed by atoms with Gasteiger partial charge in [-0.3, -0.25) is 4.79 Å². The molecule has 2 aliphatic heterocycles. The molecular formula is C21H29NO3. The van der Waals surface area contributed by atoms with Crippen molar-refractivity contribution in [1.82, 2.24) is 4.90 Å². The van der Waals surface area contributed by atoms with Crippen LogP contribution in [0.25, 0.3) is 0 Å². The number of aryl methyl sites for hydroxylation is 1. The van der Waals surface area contributed by atoms with Crippen LogP contribution in [0.5, 0.6) is 0 Å². The lowest BCUT2D eigenvalue weighted by Crippen LogP contribution is -2.58. The van der Waals surface area contributed by atoms with Crippen LogP contribution < -0.4 is 0 Å². The minimum absolute atomic E-state index is 0.0537. The van der Waals surface area contributed by atoms with E-state index in [1.165, 1.54) is 5.56 Å². The molecule has 0 radical (unpaired) electrons. The van der Waals surface area contributed by atoms with Gasteiger partial charge in [-0.1, -0.05) is 36.4 Å². The first-order chi connectivity index (χ1) is 12.2. The fourth-order valence-corrected chi connectivity index (χ4v) is 4.11. The number of fused-ring (bicyclic) bond motifs is 1. The highest BCUT2D eigenvalue weighted by Gasteiger charge is 2.47. The molecule has 0 spiro atoms. The molecule has 0 aromatic heterocycles. The van der Waals surface area contributed by atoms with Gasteiger partial charge >= 0.3 is 0 Å². The van der Waals surface area contributed by atoms with Crippen molar-refractivity contribution < 1.29 is 14.3 Å². The average molecular weight is 343 g/mol. The van der Waals surface area contributed by atoms with Crippen molar-refractivity contribution in [2.24, 2.45) is 5.41 Å². The summed E-state index contributed by atoms with van der Waals surface area (Å²) in [6, 6.07) is 10.2. The van der Waals surface area contributed by atoms with Crippen LogP contribution in [0.15, 0.2) is 43.0 Å². The molecule has 2 fully saturated rings. The normalized spacial score (nSPS) is 26.1. The van der Waals surface area contributed by atoms with Gasteiger partial charge in [-0.05, 0) is 31.2 Å². The van der Waals surface area contributed by atoms with E-state index >= 15 is 0 Å². The van der Waals surface area contributed by atoms with Gasteiger partial charge in [-0.15, -0.1) is 6.58 Å². The van der Waals surface area contributed by atoms with E-state index in [0.29, 0.717) is 19.6 Å². The van der Waals surface area contributed by atoms with Crippen LogP contribution in [-0.2, 0) is 20.7 Å². The maximum absolute atomic E-state index is 12.7. The van der Waals surface area contributed by atoms with E-state index in [2.05, 4.69) is 18.7 Å². The molecule has 1 aromatic carbocycles. The molecule has 1 aromatic rings. The van der Waals surface area contributed by atoms with Crippen LogP contribution in [0.4, 0.5) is 0 Å². The van der Waals surface area contributed by atoms with Gasteiger partial charge in [0.15, 0.2) is 0 Å². The standard InChI is InChI=1S/C21H29NO3/c1-2-14-24-17-21-12-6-15-25-19(21)11-13-22(16-21)20(23)10-9-18-7-4-3-5-8-18/h2-5,7-8,19H,1,6,9-17H2/t19-,21-/m0/s1. The highest BCUT2D eigenvalue weighted by atomic mass is 16.5. The first-order valence-corrected chi connectivity index (χ1v) is 9.35. The molecule has 1 amide bonds. The Hall–Kier alpha value is -1.65. The van der Waals surface area contributed by atoms with Crippen molar-refractivity contribution in [3.05, 3.63) is 48.6 Å². The van der Waals surface area contributed by atoms with Crippen LogP contribution in [-0.4, -0.2) is 49.8 Å². The third-order valence-electron chi connectivity index (χ3n) is 5.44. The second kappa shape index (κ2) is 8.63. The minimum atomic E-state index is -0.0537. The van der Waals surface area contributed by atoms with E-state index in [4.69, 9.17) is 9.47 Å². The first kappa shape index (κ1) is 18.2. The Labute approximate surface area is 150 Å². The lowest BCUT2D eigenvalue weighted by molar-refractivity contribution is -0.163. The molecule has 0 unspecified atom stereocenters. The van der Waals surface area contributed by atoms with E-state index in [0.717, 1.165) is 45.4 Å². The zero-order chi connectivity index (χ0) is 17.5. The maximum Gasteiger partial charge on any atom is 0.222 e. The molecule has 0 aliphatic carbocycles. The summed E-state index contributed by atoms with van der Waals surface area (Å²) in [6.07, 6.45) is 6.38. The van der Waals surface area contributed by atoms with Crippen molar-refractivity contribution >= 4 is 5.91 Å². The molecule has 0 bridgehead atoms. The number of carbonyl (C=O) groups excluding carboxylic acids is 1. The zero-order valence-corrected chi connectivity index (χ0v) is 15.0. The summed E-state index contributed by atoms with van der Waals surface area (Å²) >= 11 is 0. The quantitative estimate of drug-likeness (QED) is 0.564. The molecule has 2 atom stereocenters. The number of ether oxygens (including phenoxy) is 2. The van der Waals surface area contributed by atoms with Gasteiger partial charge in [0.25, 0.3) is 0 Å². The number of hydrogen-bond donors (Lipinski definition) is 0. The molecular weight excluding hydrogens is 314 g/mol. The molecule has 25 heavy (non-hydrogen) atoms. The van der Waals surface area contributed by atoms with E-state index in [-0.39, 0.29) is 17.4 Å². The van der Waals surface area contributed by atoms with Gasteiger partial charge in [-0.2, -0.15) is 0 Å². The van der Waals surface area contributed by atoms with Crippen molar-refractivity contribution in [2.45, 2.75) is 38.2 Å². The van der Waals surface area contributed by atoms with Crippen LogP contribution in [0.2, 0.25) is 0 Å².